The second-order valence-electron chi connectivity index (χ2n) is 7.46. The van der Waals surface area contributed by atoms with Crippen molar-refractivity contribution in [2.45, 2.75) is 19.4 Å². The predicted molar refractivity (Wildman–Crippen MR) is 117 cm³/mol. The average molecular weight is 452 g/mol. The Morgan fingerprint density at radius 3 is 2.61 bits per heavy atom. The number of nitro groups is 1. The number of methoxy groups -OCH3 is 1. The molecule has 2 heterocycles. The lowest BCUT2D eigenvalue weighted by atomic mass is 10.1. The summed E-state index contributed by atoms with van der Waals surface area (Å²) in [7, 11) is 1.24. The number of aromatic amines is 1. The summed E-state index contributed by atoms with van der Waals surface area (Å²) in [6.45, 7) is 1.11. The van der Waals surface area contributed by atoms with Crippen LogP contribution in [-0.4, -0.2) is 47.0 Å². The third-order valence-electron chi connectivity index (χ3n) is 5.37. The number of nitrogens with zero attached hydrogens (tertiary/aromatic N) is 3. The van der Waals surface area contributed by atoms with Gasteiger partial charge in [-0.1, -0.05) is 0 Å². The summed E-state index contributed by atoms with van der Waals surface area (Å²) in [5.41, 5.74) is 0.403. The van der Waals surface area contributed by atoms with Crippen molar-refractivity contribution in [1.82, 2.24) is 9.97 Å². The van der Waals surface area contributed by atoms with Crippen molar-refractivity contribution in [2.24, 2.45) is 0 Å². The summed E-state index contributed by atoms with van der Waals surface area (Å²) >= 11 is 0. The fraction of sp³-hybridized carbons (Fsp3) is 0.273. The van der Waals surface area contributed by atoms with Crippen molar-refractivity contribution in [2.75, 3.05) is 25.1 Å². The van der Waals surface area contributed by atoms with Gasteiger partial charge in [-0.2, -0.15) is 0 Å². The number of nitro benzene ring substituents is 1. The van der Waals surface area contributed by atoms with E-state index in [0.29, 0.717) is 5.69 Å². The topological polar surface area (TPSA) is 145 Å². The van der Waals surface area contributed by atoms with Crippen LogP contribution in [0.5, 0.6) is 0 Å². The highest BCUT2D eigenvalue weighted by Gasteiger charge is 2.24. The minimum Gasteiger partial charge on any atom is -0.465 e. The van der Waals surface area contributed by atoms with Crippen LogP contribution in [0.1, 0.15) is 39.4 Å². The fourth-order valence-corrected chi connectivity index (χ4v) is 3.75. The maximum absolute atomic E-state index is 12.8. The van der Waals surface area contributed by atoms with Crippen LogP contribution < -0.4 is 10.5 Å². The first kappa shape index (κ1) is 21.9. The zero-order valence-corrected chi connectivity index (χ0v) is 17.7. The number of hydrogen-bond donors (Lipinski definition) is 1. The van der Waals surface area contributed by atoms with Crippen LogP contribution in [0.15, 0.2) is 41.2 Å². The molecule has 0 saturated carbocycles. The van der Waals surface area contributed by atoms with Gasteiger partial charge in [-0.25, -0.2) is 14.6 Å². The zero-order valence-electron chi connectivity index (χ0n) is 17.7. The van der Waals surface area contributed by atoms with Gasteiger partial charge in [0.1, 0.15) is 12.4 Å². The quantitative estimate of drug-likeness (QED) is 0.339. The third kappa shape index (κ3) is 4.52. The molecule has 1 N–H and O–H groups in total. The van der Waals surface area contributed by atoms with E-state index in [0.717, 1.165) is 25.9 Å². The maximum Gasteiger partial charge on any atom is 0.340 e. The second-order valence-corrected chi connectivity index (χ2v) is 7.46. The number of benzene rings is 2. The molecule has 1 aliphatic heterocycles. The van der Waals surface area contributed by atoms with Crippen molar-refractivity contribution in [3.05, 3.63) is 73.8 Å². The molecule has 0 radical (unpaired) electrons. The molecule has 4 rings (SSSR count). The van der Waals surface area contributed by atoms with E-state index in [1.165, 1.54) is 37.4 Å². The number of rotatable bonds is 6. The van der Waals surface area contributed by atoms with Crippen LogP contribution in [0.25, 0.3) is 10.9 Å². The second kappa shape index (κ2) is 9.07. The fourth-order valence-electron chi connectivity index (χ4n) is 3.75. The van der Waals surface area contributed by atoms with Crippen LogP contribution in [-0.2, 0) is 16.1 Å². The number of non-ortho nitro benzene ring substituents is 1. The lowest BCUT2D eigenvalue weighted by molar-refractivity contribution is -0.384. The average Bonchev–Trinajstić information content (AvgIpc) is 3.36. The number of esters is 2. The number of carbonyl (C=O) groups is 2. The van der Waals surface area contributed by atoms with Crippen LogP contribution in [0.3, 0.4) is 0 Å². The van der Waals surface area contributed by atoms with E-state index in [4.69, 9.17) is 4.74 Å². The molecular weight excluding hydrogens is 432 g/mol. The monoisotopic (exact) mass is 452 g/mol. The summed E-state index contributed by atoms with van der Waals surface area (Å²) in [5.74, 6) is -1.28. The maximum atomic E-state index is 12.8. The number of aromatic nitrogens is 2. The van der Waals surface area contributed by atoms with E-state index in [1.807, 2.05) is 4.90 Å². The van der Waals surface area contributed by atoms with Crippen molar-refractivity contribution in [3.63, 3.8) is 0 Å². The summed E-state index contributed by atoms with van der Waals surface area (Å²) < 4.78 is 10.0. The van der Waals surface area contributed by atoms with Gasteiger partial charge in [-0.15, -0.1) is 0 Å². The van der Waals surface area contributed by atoms with Crippen molar-refractivity contribution in [1.29, 1.82) is 0 Å². The Hall–Kier alpha value is -4.28. The molecule has 0 bridgehead atoms. The number of anilines is 1. The van der Waals surface area contributed by atoms with E-state index < -0.39 is 22.4 Å². The largest absolute Gasteiger partial charge is 0.465 e. The molecule has 33 heavy (non-hydrogen) atoms. The number of H-pyrrole nitrogens is 1. The number of nitrogens with one attached hydrogen (secondary N) is 1. The van der Waals surface area contributed by atoms with Crippen molar-refractivity contribution >= 4 is 34.2 Å². The van der Waals surface area contributed by atoms with Crippen LogP contribution >= 0.6 is 0 Å². The lowest BCUT2D eigenvalue weighted by Gasteiger charge is -2.20. The van der Waals surface area contributed by atoms with Crippen LogP contribution in [0, 0.1) is 10.1 Å². The van der Waals surface area contributed by atoms with Gasteiger partial charge in [0.25, 0.3) is 11.2 Å². The molecule has 2 aromatic carbocycles. The molecule has 11 heteroatoms. The normalized spacial score (nSPS) is 13.2. The smallest absolute Gasteiger partial charge is 0.340 e. The standard InChI is InChI=1S/C22H20N4O7/c1-32-21(28)13-4-6-15-17(10-13)23-19(24-20(15)27)12-33-22(29)16-11-14(26(30)31)5-7-18(16)25-8-2-3-9-25/h4-7,10-11H,2-3,8-9,12H2,1H3,(H,23,24,27). The van der Waals surface area contributed by atoms with Gasteiger partial charge in [0.15, 0.2) is 0 Å². The van der Waals surface area contributed by atoms with E-state index in [9.17, 15) is 24.5 Å². The molecule has 0 unspecified atom stereocenters. The van der Waals surface area contributed by atoms with Crippen LogP contribution in [0.4, 0.5) is 11.4 Å². The first-order chi connectivity index (χ1) is 15.9. The third-order valence-corrected chi connectivity index (χ3v) is 5.37. The lowest BCUT2D eigenvalue weighted by Crippen LogP contribution is -2.22. The summed E-state index contributed by atoms with van der Waals surface area (Å²) in [5, 5.41) is 11.5. The summed E-state index contributed by atoms with van der Waals surface area (Å²) in [6.07, 6.45) is 1.92. The highest BCUT2D eigenvalue weighted by molar-refractivity contribution is 5.97. The van der Waals surface area contributed by atoms with Gasteiger partial charge in [0, 0.05) is 25.2 Å². The summed E-state index contributed by atoms with van der Waals surface area (Å²) in [6, 6.07) is 8.40. The molecule has 0 amide bonds. The molecule has 170 valence electrons. The Morgan fingerprint density at radius 1 is 1.15 bits per heavy atom. The molecule has 0 atom stereocenters. The molecule has 1 fully saturated rings. The molecular formula is C22H20N4O7. The van der Waals surface area contributed by atoms with Gasteiger partial charge < -0.3 is 19.4 Å². The SMILES string of the molecule is COC(=O)c1ccc2c(=O)[nH]c(COC(=O)c3cc([N+](=O)[O-])ccc3N3CCCC3)nc2c1. The molecule has 1 aromatic heterocycles. The molecule has 3 aromatic rings. The Labute approximate surface area is 187 Å². The first-order valence-corrected chi connectivity index (χ1v) is 10.2. The van der Waals surface area contributed by atoms with Gasteiger partial charge in [0.2, 0.25) is 0 Å². The van der Waals surface area contributed by atoms with Crippen molar-refractivity contribution < 1.29 is 24.0 Å². The van der Waals surface area contributed by atoms with Gasteiger partial charge >= 0.3 is 11.9 Å². The van der Waals surface area contributed by atoms with Crippen molar-refractivity contribution in [3.8, 4) is 0 Å². The minimum absolute atomic E-state index is 0.0658. The molecule has 1 aliphatic rings. The Kier molecular flexibility index (Phi) is 6.03. The number of fused-ring (bicyclic) bond motifs is 1. The van der Waals surface area contributed by atoms with E-state index >= 15 is 0 Å². The van der Waals surface area contributed by atoms with Gasteiger partial charge in [-0.05, 0) is 37.1 Å². The number of hydrogen-bond acceptors (Lipinski definition) is 9. The van der Waals surface area contributed by atoms with Crippen LogP contribution in [0.2, 0.25) is 0 Å². The van der Waals surface area contributed by atoms with E-state index in [-0.39, 0.29) is 40.1 Å². The Balaban J connectivity index is 1.60. The van der Waals surface area contributed by atoms with Gasteiger partial charge in [0.05, 0.1) is 39.8 Å². The summed E-state index contributed by atoms with van der Waals surface area (Å²) in [4.78, 5) is 56.4. The highest BCUT2D eigenvalue weighted by atomic mass is 16.6. The first-order valence-electron chi connectivity index (χ1n) is 10.2. The highest BCUT2D eigenvalue weighted by Crippen LogP contribution is 2.29. The Morgan fingerprint density at radius 2 is 1.91 bits per heavy atom. The zero-order chi connectivity index (χ0) is 23.5. The predicted octanol–water partition coefficient (Wildman–Crippen LogP) is 2.58. The Bertz CT molecular complexity index is 1310. The van der Waals surface area contributed by atoms with Gasteiger partial charge in [-0.3, -0.25) is 14.9 Å². The molecule has 0 aliphatic carbocycles. The molecule has 1 saturated heterocycles. The molecule has 11 nitrogen and oxygen atoms in total. The minimum atomic E-state index is -0.772. The number of ether oxygens (including phenoxy) is 2. The molecule has 0 spiro atoms. The van der Waals surface area contributed by atoms with E-state index in [2.05, 4.69) is 14.7 Å². The number of carbonyl (C=O) groups excluding carboxylic acids is 2. The van der Waals surface area contributed by atoms with E-state index in [1.54, 1.807) is 6.07 Å².